The molecule has 3 rings (SSSR count). The largest absolute Gasteiger partial charge is 0.363 e. The van der Waals surface area contributed by atoms with Crippen molar-refractivity contribution in [2.45, 2.75) is 44.3 Å². The third kappa shape index (κ3) is 0.992. The molecule has 1 heteroatoms. The zero-order valence-corrected chi connectivity index (χ0v) is 8.62. The number of rotatable bonds is 0. The van der Waals surface area contributed by atoms with E-state index >= 15 is 0 Å². The van der Waals surface area contributed by atoms with Gasteiger partial charge >= 0.3 is 0 Å². The van der Waals surface area contributed by atoms with Crippen molar-refractivity contribution in [2.24, 2.45) is 0 Å². The molecule has 0 radical (unpaired) electrons. The van der Waals surface area contributed by atoms with Gasteiger partial charge in [-0.25, -0.2) is 0 Å². The summed E-state index contributed by atoms with van der Waals surface area (Å²) in [5.74, 6) is 0. The highest BCUT2D eigenvalue weighted by molar-refractivity contribution is 5.38. The molecule has 0 bridgehead atoms. The van der Waals surface area contributed by atoms with Crippen LogP contribution in [0.25, 0.3) is 0 Å². The monoisotopic (exact) mass is 188 g/mol. The minimum Gasteiger partial charge on any atom is -0.363 e. The summed E-state index contributed by atoms with van der Waals surface area (Å²) in [5.41, 5.74) is 2.97. The first-order valence-corrected chi connectivity index (χ1v) is 5.59. The van der Waals surface area contributed by atoms with Gasteiger partial charge in [0, 0.05) is 0 Å². The fourth-order valence-electron chi connectivity index (χ4n) is 3.07. The molecule has 0 unspecified atom stereocenters. The molecular formula is C13H16O. The van der Waals surface area contributed by atoms with E-state index in [1.807, 2.05) is 0 Å². The van der Waals surface area contributed by atoms with Crippen LogP contribution < -0.4 is 0 Å². The van der Waals surface area contributed by atoms with Gasteiger partial charge in [0.2, 0.25) is 0 Å². The van der Waals surface area contributed by atoms with Crippen LogP contribution in [0.5, 0.6) is 0 Å². The molecule has 1 aliphatic heterocycles. The SMILES string of the molecule is C[C@H]1OC2(CCCC2)c2ccccc21. The highest BCUT2D eigenvalue weighted by Gasteiger charge is 2.44. The molecule has 0 amide bonds. The molecule has 1 saturated carbocycles. The molecule has 0 aromatic heterocycles. The van der Waals surface area contributed by atoms with Crippen LogP contribution >= 0.6 is 0 Å². The standard InChI is InChI=1S/C13H16O/c1-10-11-6-2-3-7-12(11)13(14-10)8-4-5-9-13/h2-3,6-7,10H,4-5,8-9H2,1H3/t10-/m1/s1. The first kappa shape index (κ1) is 8.49. The van der Waals surface area contributed by atoms with Gasteiger partial charge in [-0.1, -0.05) is 37.1 Å². The highest BCUT2D eigenvalue weighted by atomic mass is 16.5. The number of benzene rings is 1. The average molecular weight is 188 g/mol. The van der Waals surface area contributed by atoms with Crippen LogP contribution in [0, 0.1) is 0 Å². The summed E-state index contributed by atoms with van der Waals surface area (Å²) in [6.07, 6.45) is 5.37. The Morgan fingerprint density at radius 1 is 1.21 bits per heavy atom. The maximum Gasteiger partial charge on any atom is 0.0943 e. The Labute approximate surface area is 85.1 Å². The molecular weight excluding hydrogens is 172 g/mol. The summed E-state index contributed by atoms with van der Waals surface area (Å²) < 4.78 is 6.18. The van der Waals surface area contributed by atoms with Crippen molar-refractivity contribution in [3.63, 3.8) is 0 Å². The molecule has 1 atom stereocenters. The van der Waals surface area contributed by atoms with Crippen molar-refractivity contribution in [3.05, 3.63) is 35.4 Å². The predicted molar refractivity (Wildman–Crippen MR) is 56.1 cm³/mol. The highest BCUT2D eigenvalue weighted by Crippen LogP contribution is 2.52. The number of hydrogen-bond acceptors (Lipinski definition) is 1. The number of fused-ring (bicyclic) bond motifs is 2. The van der Waals surface area contributed by atoms with E-state index in [-0.39, 0.29) is 5.60 Å². The normalized spacial score (nSPS) is 28.2. The van der Waals surface area contributed by atoms with E-state index in [1.54, 1.807) is 0 Å². The molecule has 0 N–H and O–H groups in total. The van der Waals surface area contributed by atoms with Gasteiger partial charge in [-0.15, -0.1) is 0 Å². The van der Waals surface area contributed by atoms with Crippen molar-refractivity contribution in [3.8, 4) is 0 Å². The Morgan fingerprint density at radius 3 is 2.71 bits per heavy atom. The zero-order chi connectivity index (χ0) is 9.60. The second-order valence-corrected chi connectivity index (χ2v) is 4.55. The van der Waals surface area contributed by atoms with Gasteiger partial charge in [0.25, 0.3) is 0 Å². The van der Waals surface area contributed by atoms with Crippen molar-refractivity contribution < 1.29 is 4.74 Å². The molecule has 0 saturated heterocycles. The summed E-state index contributed by atoms with van der Waals surface area (Å²) in [5, 5.41) is 0. The fourth-order valence-corrected chi connectivity index (χ4v) is 3.07. The Balaban J connectivity index is 2.13. The van der Waals surface area contributed by atoms with Gasteiger partial charge in [0.1, 0.15) is 0 Å². The predicted octanol–water partition coefficient (Wildman–Crippen LogP) is 3.55. The van der Waals surface area contributed by atoms with E-state index in [1.165, 1.54) is 36.8 Å². The Kier molecular flexibility index (Phi) is 1.72. The Hall–Kier alpha value is -0.820. The minimum absolute atomic E-state index is 0.0933. The number of hydrogen-bond donors (Lipinski definition) is 0. The molecule has 1 nitrogen and oxygen atoms in total. The first-order valence-electron chi connectivity index (χ1n) is 5.59. The van der Waals surface area contributed by atoms with Crippen LogP contribution in [-0.4, -0.2) is 0 Å². The van der Waals surface area contributed by atoms with Crippen LogP contribution in [0.4, 0.5) is 0 Å². The van der Waals surface area contributed by atoms with Gasteiger partial charge in [-0.2, -0.15) is 0 Å². The molecule has 1 aromatic carbocycles. The molecule has 1 aliphatic carbocycles. The molecule has 1 heterocycles. The van der Waals surface area contributed by atoms with Gasteiger partial charge in [0.05, 0.1) is 11.7 Å². The lowest BCUT2D eigenvalue weighted by atomic mass is 9.90. The lowest BCUT2D eigenvalue weighted by molar-refractivity contribution is -0.0649. The van der Waals surface area contributed by atoms with Crippen molar-refractivity contribution in [1.29, 1.82) is 0 Å². The molecule has 74 valence electrons. The van der Waals surface area contributed by atoms with Gasteiger partial charge in [0.15, 0.2) is 0 Å². The summed E-state index contributed by atoms with van der Waals surface area (Å²) in [7, 11) is 0. The fraction of sp³-hybridized carbons (Fsp3) is 0.538. The Bertz CT molecular complexity index is 350. The van der Waals surface area contributed by atoms with Crippen LogP contribution in [-0.2, 0) is 10.3 Å². The van der Waals surface area contributed by atoms with Crippen molar-refractivity contribution in [2.75, 3.05) is 0 Å². The first-order chi connectivity index (χ1) is 6.82. The van der Waals surface area contributed by atoms with Crippen LogP contribution in [0.2, 0.25) is 0 Å². The summed E-state index contributed by atoms with van der Waals surface area (Å²) >= 11 is 0. The zero-order valence-electron chi connectivity index (χ0n) is 8.62. The maximum atomic E-state index is 6.18. The van der Waals surface area contributed by atoms with E-state index in [2.05, 4.69) is 31.2 Å². The van der Waals surface area contributed by atoms with Gasteiger partial charge in [-0.05, 0) is 30.9 Å². The van der Waals surface area contributed by atoms with Crippen molar-refractivity contribution in [1.82, 2.24) is 0 Å². The van der Waals surface area contributed by atoms with Crippen LogP contribution in [0.1, 0.15) is 49.8 Å². The van der Waals surface area contributed by atoms with E-state index in [0.717, 1.165) is 0 Å². The third-order valence-electron chi connectivity index (χ3n) is 3.70. The van der Waals surface area contributed by atoms with E-state index in [4.69, 9.17) is 4.74 Å². The van der Waals surface area contributed by atoms with E-state index < -0.39 is 0 Å². The van der Waals surface area contributed by atoms with E-state index in [0.29, 0.717) is 6.10 Å². The summed E-state index contributed by atoms with van der Waals surface area (Å²) in [6, 6.07) is 8.73. The maximum absolute atomic E-state index is 6.18. The second-order valence-electron chi connectivity index (χ2n) is 4.55. The Morgan fingerprint density at radius 2 is 1.93 bits per heavy atom. The third-order valence-corrected chi connectivity index (χ3v) is 3.70. The molecule has 1 aromatic rings. The van der Waals surface area contributed by atoms with Gasteiger partial charge in [-0.3, -0.25) is 0 Å². The quantitative estimate of drug-likeness (QED) is 0.605. The summed E-state index contributed by atoms with van der Waals surface area (Å²) in [6.45, 7) is 2.17. The lowest BCUT2D eigenvalue weighted by Crippen LogP contribution is -2.20. The van der Waals surface area contributed by atoms with Crippen LogP contribution in [0.15, 0.2) is 24.3 Å². The molecule has 14 heavy (non-hydrogen) atoms. The summed E-state index contributed by atoms with van der Waals surface area (Å²) in [4.78, 5) is 0. The van der Waals surface area contributed by atoms with Crippen LogP contribution in [0.3, 0.4) is 0 Å². The average Bonchev–Trinajstić information content (AvgIpc) is 2.77. The minimum atomic E-state index is 0.0933. The number of ether oxygens (including phenoxy) is 1. The second kappa shape index (κ2) is 2.83. The van der Waals surface area contributed by atoms with Crippen molar-refractivity contribution >= 4 is 0 Å². The molecule has 1 spiro atoms. The van der Waals surface area contributed by atoms with E-state index in [9.17, 15) is 0 Å². The lowest BCUT2D eigenvalue weighted by Gasteiger charge is -2.24. The smallest absolute Gasteiger partial charge is 0.0943 e. The topological polar surface area (TPSA) is 9.23 Å². The van der Waals surface area contributed by atoms with Gasteiger partial charge < -0.3 is 4.74 Å². The molecule has 1 fully saturated rings. The molecule has 2 aliphatic rings.